The molecule has 0 saturated carbocycles. The number of amides is 2. The van der Waals surface area contributed by atoms with E-state index < -0.39 is 30.5 Å². The quantitative estimate of drug-likeness (QED) is 0.557. The maximum Gasteiger partial charge on any atom is 0.409 e. The number of nitrogens with zero attached hydrogens (tertiary/aromatic N) is 2. The number of rotatable bonds is 3. The molecule has 172 valence electrons. The summed E-state index contributed by atoms with van der Waals surface area (Å²) in [6.07, 6.45) is -4.85. The molecule has 0 bridgehead atoms. The molecular formula is C23H20F3N3O2S2. The number of benzene rings is 1. The highest BCUT2D eigenvalue weighted by Crippen LogP contribution is 2.41. The van der Waals surface area contributed by atoms with Gasteiger partial charge in [-0.05, 0) is 47.0 Å². The van der Waals surface area contributed by atoms with Crippen molar-refractivity contribution in [1.29, 1.82) is 0 Å². The van der Waals surface area contributed by atoms with Crippen LogP contribution in [0.3, 0.4) is 0 Å². The van der Waals surface area contributed by atoms with Crippen molar-refractivity contribution in [3.05, 3.63) is 68.5 Å². The van der Waals surface area contributed by atoms with Crippen LogP contribution in [0.2, 0.25) is 0 Å². The highest BCUT2D eigenvalue weighted by Gasteiger charge is 2.49. The first-order valence-electron chi connectivity index (χ1n) is 10.4. The number of halogens is 3. The zero-order chi connectivity index (χ0) is 23.2. The minimum Gasteiger partial charge on any atom is -0.324 e. The second-order valence-electron chi connectivity index (χ2n) is 8.03. The monoisotopic (exact) mass is 491 g/mol. The highest BCUT2D eigenvalue weighted by atomic mass is 32.1. The van der Waals surface area contributed by atoms with Crippen LogP contribution in [-0.2, 0) is 16.0 Å². The Kier molecular flexibility index (Phi) is 5.75. The molecule has 2 aromatic heterocycles. The van der Waals surface area contributed by atoms with E-state index in [0.717, 1.165) is 21.8 Å². The van der Waals surface area contributed by atoms with E-state index >= 15 is 0 Å². The first-order chi connectivity index (χ1) is 15.8. The first kappa shape index (κ1) is 22.1. The molecule has 0 fully saturated rings. The first-order valence-corrected chi connectivity index (χ1v) is 12.2. The Morgan fingerprint density at radius 2 is 1.91 bits per heavy atom. The van der Waals surface area contributed by atoms with E-state index in [1.165, 1.54) is 17.0 Å². The molecule has 33 heavy (non-hydrogen) atoms. The van der Waals surface area contributed by atoms with Crippen LogP contribution in [0.4, 0.5) is 24.5 Å². The SMILES string of the molecule is O=C1C[C@H](C(F)(F)F)N(C(=O)CN2CCc3sccc3[C@@H]2c2cccs2)c2ccccc2N1. The van der Waals surface area contributed by atoms with Crippen molar-refractivity contribution in [3.8, 4) is 0 Å². The lowest BCUT2D eigenvalue weighted by atomic mass is 9.98. The number of nitrogens with one attached hydrogen (secondary N) is 1. The van der Waals surface area contributed by atoms with Crippen LogP contribution in [0.15, 0.2) is 53.2 Å². The van der Waals surface area contributed by atoms with Crippen LogP contribution in [0.5, 0.6) is 0 Å². The Morgan fingerprint density at radius 3 is 2.67 bits per heavy atom. The summed E-state index contributed by atoms with van der Waals surface area (Å²) in [4.78, 5) is 30.8. The molecular weight excluding hydrogens is 471 g/mol. The van der Waals surface area contributed by atoms with Gasteiger partial charge in [0.1, 0.15) is 6.04 Å². The summed E-state index contributed by atoms with van der Waals surface area (Å²) in [6, 6.07) is 9.68. The third kappa shape index (κ3) is 4.18. The van der Waals surface area contributed by atoms with E-state index in [-0.39, 0.29) is 24.0 Å². The Labute approximate surface area is 196 Å². The van der Waals surface area contributed by atoms with Gasteiger partial charge in [0.2, 0.25) is 11.8 Å². The van der Waals surface area contributed by atoms with Gasteiger partial charge in [0.05, 0.1) is 30.4 Å². The van der Waals surface area contributed by atoms with Crippen LogP contribution >= 0.6 is 22.7 Å². The predicted octanol–water partition coefficient (Wildman–Crippen LogP) is 5.06. The van der Waals surface area contributed by atoms with Crippen molar-refractivity contribution >= 4 is 45.9 Å². The zero-order valence-electron chi connectivity index (χ0n) is 17.3. The van der Waals surface area contributed by atoms with Crippen molar-refractivity contribution in [2.24, 2.45) is 0 Å². The molecule has 2 aliphatic heterocycles. The van der Waals surface area contributed by atoms with Gasteiger partial charge in [-0.15, -0.1) is 22.7 Å². The van der Waals surface area contributed by atoms with Gasteiger partial charge in [0.15, 0.2) is 0 Å². The highest BCUT2D eigenvalue weighted by molar-refractivity contribution is 7.10. The summed E-state index contributed by atoms with van der Waals surface area (Å²) < 4.78 is 42.1. The molecule has 1 aromatic carbocycles. The number of fused-ring (bicyclic) bond motifs is 2. The minimum absolute atomic E-state index is 0.0663. The van der Waals surface area contributed by atoms with Crippen LogP contribution in [0.25, 0.3) is 0 Å². The Balaban J connectivity index is 1.52. The summed E-state index contributed by atoms with van der Waals surface area (Å²) in [7, 11) is 0. The van der Waals surface area contributed by atoms with E-state index in [2.05, 4.69) is 5.32 Å². The molecule has 0 saturated heterocycles. The molecule has 2 atom stereocenters. The molecule has 0 spiro atoms. The fourth-order valence-corrected chi connectivity index (χ4v) is 6.34. The molecule has 4 heterocycles. The Morgan fingerprint density at radius 1 is 1.09 bits per heavy atom. The zero-order valence-corrected chi connectivity index (χ0v) is 19.0. The van der Waals surface area contributed by atoms with Gasteiger partial charge < -0.3 is 5.32 Å². The van der Waals surface area contributed by atoms with Gasteiger partial charge in [-0.3, -0.25) is 19.4 Å². The maximum atomic E-state index is 14.0. The van der Waals surface area contributed by atoms with E-state index in [9.17, 15) is 22.8 Å². The molecule has 10 heteroatoms. The van der Waals surface area contributed by atoms with Gasteiger partial charge in [0, 0.05) is 16.3 Å². The second-order valence-corrected chi connectivity index (χ2v) is 10.0. The summed E-state index contributed by atoms with van der Waals surface area (Å²) in [6.45, 7) is 0.373. The van der Waals surface area contributed by atoms with E-state index in [0.29, 0.717) is 6.54 Å². The molecule has 2 amide bonds. The van der Waals surface area contributed by atoms with Gasteiger partial charge in [-0.25, -0.2) is 0 Å². The average Bonchev–Trinajstić information content (AvgIpc) is 3.43. The van der Waals surface area contributed by atoms with Crippen LogP contribution in [-0.4, -0.2) is 42.0 Å². The number of alkyl halides is 3. The molecule has 0 unspecified atom stereocenters. The molecule has 2 aliphatic rings. The molecule has 3 aromatic rings. The fourth-order valence-electron chi connectivity index (χ4n) is 4.56. The predicted molar refractivity (Wildman–Crippen MR) is 123 cm³/mol. The normalized spacial score (nSPS) is 21.2. The third-order valence-electron chi connectivity index (χ3n) is 5.99. The number of thiophene rings is 2. The summed E-state index contributed by atoms with van der Waals surface area (Å²) in [5.74, 6) is -1.45. The Hall–Kier alpha value is -2.69. The van der Waals surface area contributed by atoms with Crippen LogP contribution < -0.4 is 10.2 Å². The summed E-state index contributed by atoms with van der Waals surface area (Å²) in [5.41, 5.74) is 1.37. The Bertz CT molecular complexity index is 1180. The van der Waals surface area contributed by atoms with Gasteiger partial charge in [0.25, 0.3) is 0 Å². The van der Waals surface area contributed by atoms with Crippen molar-refractivity contribution in [2.75, 3.05) is 23.3 Å². The van der Waals surface area contributed by atoms with Crippen molar-refractivity contribution in [3.63, 3.8) is 0 Å². The number of carbonyl (C=O) groups excluding carboxylic acids is 2. The second kappa shape index (κ2) is 8.58. The maximum absolute atomic E-state index is 14.0. The summed E-state index contributed by atoms with van der Waals surface area (Å²) in [5, 5.41) is 6.48. The smallest absolute Gasteiger partial charge is 0.324 e. The van der Waals surface area contributed by atoms with Gasteiger partial charge >= 0.3 is 6.18 Å². The third-order valence-corrected chi connectivity index (χ3v) is 7.91. The van der Waals surface area contributed by atoms with Crippen LogP contribution in [0, 0.1) is 0 Å². The standard InChI is InChI=1S/C23H20F3N3O2S2/c24-23(25,26)19-12-20(30)27-15-4-1-2-5-16(15)29(19)21(31)13-28-9-7-17-14(8-11-33-17)22(28)18-6-3-10-32-18/h1-6,8,10-11,19,22H,7,9,12-13H2,(H,27,30)/t19-,22-/m1/s1. The molecule has 5 nitrogen and oxygen atoms in total. The fraction of sp³-hybridized carbons (Fsp3) is 0.304. The minimum atomic E-state index is -4.75. The number of para-hydroxylation sites is 2. The van der Waals surface area contributed by atoms with Crippen LogP contribution in [0.1, 0.15) is 27.8 Å². The number of hydrogen-bond acceptors (Lipinski definition) is 5. The number of carbonyl (C=O) groups is 2. The van der Waals surface area contributed by atoms with E-state index in [4.69, 9.17) is 0 Å². The molecule has 5 rings (SSSR count). The van der Waals surface area contributed by atoms with Crippen molar-refractivity contribution in [1.82, 2.24) is 4.90 Å². The largest absolute Gasteiger partial charge is 0.409 e. The van der Waals surface area contributed by atoms with Crippen molar-refractivity contribution in [2.45, 2.75) is 31.1 Å². The lowest BCUT2D eigenvalue weighted by molar-refractivity contribution is -0.158. The van der Waals surface area contributed by atoms with Crippen molar-refractivity contribution < 1.29 is 22.8 Å². The topological polar surface area (TPSA) is 52.7 Å². The molecule has 1 N–H and O–H groups in total. The lowest BCUT2D eigenvalue weighted by Crippen LogP contribution is -2.53. The molecule has 0 aliphatic carbocycles. The average molecular weight is 492 g/mol. The van der Waals surface area contributed by atoms with E-state index in [1.54, 1.807) is 34.8 Å². The van der Waals surface area contributed by atoms with Gasteiger partial charge in [-0.1, -0.05) is 18.2 Å². The number of anilines is 2. The van der Waals surface area contributed by atoms with Gasteiger partial charge in [-0.2, -0.15) is 13.2 Å². The molecule has 0 radical (unpaired) electrons. The summed E-state index contributed by atoms with van der Waals surface area (Å²) >= 11 is 3.22. The number of hydrogen-bond donors (Lipinski definition) is 1. The lowest BCUT2D eigenvalue weighted by Gasteiger charge is -2.38. The van der Waals surface area contributed by atoms with E-state index in [1.807, 2.05) is 33.9 Å².